The maximum atomic E-state index is 13.5. The molecule has 0 spiro atoms. The Hall–Kier alpha value is -3.18. The van der Waals surface area contributed by atoms with E-state index in [2.05, 4.69) is 14.6 Å². The molecule has 17 heteroatoms. The van der Waals surface area contributed by atoms with Crippen LogP contribution in [-0.4, -0.2) is 29.1 Å². The van der Waals surface area contributed by atoms with E-state index in [0.717, 1.165) is 17.0 Å². The van der Waals surface area contributed by atoms with Crippen molar-refractivity contribution in [1.29, 1.82) is 5.26 Å². The Labute approximate surface area is 203 Å². The lowest BCUT2D eigenvalue weighted by Gasteiger charge is -2.14. The van der Waals surface area contributed by atoms with Crippen LogP contribution in [0.1, 0.15) is 23.2 Å². The summed E-state index contributed by atoms with van der Waals surface area (Å²) in [5.41, 5.74) is -3.22. The molecule has 0 atom stereocenters. The topological polar surface area (TPSA) is 170 Å². The third-order valence-corrected chi connectivity index (χ3v) is 5.01. The third kappa shape index (κ3) is 6.70. The number of halogens is 4. The molecule has 0 amide bonds. The summed E-state index contributed by atoms with van der Waals surface area (Å²) < 4.78 is 48.7. The van der Waals surface area contributed by atoms with Gasteiger partial charge in [-0.25, -0.2) is 23.0 Å². The van der Waals surface area contributed by atoms with E-state index < -0.39 is 50.1 Å². The molecule has 0 unspecified atom stereocenters. The van der Waals surface area contributed by atoms with Gasteiger partial charge < -0.3 is 14.5 Å². The van der Waals surface area contributed by atoms with Crippen LogP contribution in [0.15, 0.2) is 40.2 Å². The average Bonchev–Trinajstić information content (AvgIpc) is 2.76. The number of phosphoric acid groups is 1. The van der Waals surface area contributed by atoms with Gasteiger partial charge >= 0.3 is 7.82 Å². The molecule has 0 aliphatic rings. The monoisotopic (exact) mass is 549 g/mol. The molecule has 2 heterocycles. The summed E-state index contributed by atoms with van der Waals surface area (Å²) in [6.45, 7) is -1.51. The number of ether oxygens (including phenoxy) is 1. The third-order valence-electron chi connectivity index (χ3n) is 4.16. The molecule has 0 bridgehead atoms. The molecule has 2 N–H and O–H groups in total. The predicted octanol–water partition coefficient (Wildman–Crippen LogP) is 2.82. The second-order valence-electron chi connectivity index (χ2n) is 6.63. The molecule has 0 aliphatic heterocycles. The highest BCUT2D eigenvalue weighted by Crippen LogP contribution is 2.35. The molecule has 12 nitrogen and oxygen atoms in total. The summed E-state index contributed by atoms with van der Waals surface area (Å²) in [7, 11) is -4.95. The lowest BCUT2D eigenvalue weighted by Crippen LogP contribution is -2.31. The smallest absolute Gasteiger partial charge is 0.449 e. The Balaban J connectivity index is 2.04. The van der Waals surface area contributed by atoms with Gasteiger partial charge in [0.25, 0.3) is 17.5 Å². The Morgan fingerprint density at radius 1 is 1.17 bits per heavy atom. The number of nitrogens with zero attached hydrogens (tertiary/aromatic N) is 5. The van der Waals surface area contributed by atoms with Gasteiger partial charge in [0.15, 0.2) is 12.4 Å². The fourth-order valence-corrected chi connectivity index (χ4v) is 3.43. The second kappa shape index (κ2) is 10.6. The van der Waals surface area contributed by atoms with Crippen LogP contribution in [0.2, 0.25) is 10.2 Å². The molecule has 0 aliphatic carbocycles. The molecule has 3 rings (SSSR count). The lowest BCUT2D eigenvalue weighted by atomic mass is 10.2. The van der Waals surface area contributed by atoms with Gasteiger partial charge in [0, 0.05) is 10.6 Å². The lowest BCUT2D eigenvalue weighted by molar-refractivity contribution is 0.140. The summed E-state index contributed by atoms with van der Waals surface area (Å²) in [6, 6.07) is 6.51. The van der Waals surface area contributed by atoms with Gasteiger partial charge in [-0.05, 0) is 24.3 Å². The zero-order chi connectivity index (χ0) is 25.9. The standard InChI is InChI=1S/C18H12Cl2F2N5O7P/c19-11-1-9(5-23)2-12(4-11)34-15-14(16(21)22)24-7-26(18(15)29)6-10-3-13(20)25-27(17(10)28)8-33-35(30,31)32/h1-4,7,16H,6,8H2,(H2,30,31,32). The number of nitriles is 1. The van der Waals surface area contributed by atoms with E-state index in [1.54, 1.807) is 6.07 Å². The fraction of sp³-hybridized carbons (Fsp3) is 0.167. The van der Waals surface area contributed by atoms with Gasteiger partial charge in [-0.2, -0.15) is 10.4 Å². The van der Waals surface area contributed by atoms with Gasteiger partial charge in [-0.15, -0.1) is 0 Å². The quantitative estimate of drug-likeness (QED) is 0.398. The van der Waals surface area contributed by atoms with Crippen LogP contribution in [0, 0.1) is 11.3 Å². The van der Waals surface area contributed by atoms with Gasteiger partial charge in [-0.1, -0.05) is 23.2 Å². The molecule has 0 saturated heterocycles. The molecular weight excluding hydrogens is 538 g/mol. The molecule has 184 valence electrons. The summed E-state index contributed by atoms with van der Waals surface area (Å²) in [5.74, 6) is -1.06. The summed E-state index contributed by atoms with van der Waals surface area (Å²) in [4.78, 5) is 46.7. The molecule has 0 saturated carbocycles. The molecule has 3 aromatic rings. The van der Waals surface area contributed by atoms with Crippen LogP contribution in [0.25, 0.3) is 0 Å². The molecule has 35 heavy (non-hydrogen) atoms. The predicted molar refractivity (Wildman–Crippen MR) is 115 cm³/mol. The Morgan fingerprint density at radius 3 is 2.51 bits per heavy atom. The first kappa shape index (κ1) is 26.4. The first-order valence-electron chi connectivity index (χ1n) is 9.10. The van der Waals surface area contributed by atoms with Crippen molar-refractivity contribution < 1.29 is 32.4 Å². The molecule has 2 aromatic heterocycles. The van der Waals surface area contributed by atoms with Crippen molar-refractivity contribution in [2.24, 2.45) is 0 Å². The zero-order valence-corrected chi connectivity index (χ0v) is 19.4. The molecule has 0 radical (unpaired) electrons. The SMILES string of the molecule is N#Cc1cc(Cl)cc(Oc2c(C(F)F)ncn(Cc3cc(Cl)nn(COP(=O)(O)O)c3=O)c2=O)c1. The van der Waals surface area contributed by atoms with Gasteiger partial charge in [-0.3, -0.25) is 18.7 Å². The summed E-state index contributed by atoms with van der Waals surface area (Å²) in [5, 5.41) is 12.4. The number of benzene rings is 1. The normalized spacial score (nSPS) is 11.5. The first-order valence-corrected chi connectivity index (χ1v) is 11.4. The van der Waals surface area contributed by atoms with Crippen molar-refractivity contribution in [2.45, 2.75) is 19.7 Å². The van der Waals surface area contributed by atoms with Crippen molar-refractivity contribution in [3.8, 4) is 17.6 Å². The number of aromatic nitrogens is 4. The maximum absolute atomic E-state index is 13.5. The first-order chi connectivity index (χ1) is 16.4. The number of hydrogen-bond donors (Lipinski definition) is 2. The number of alkyl halides is 2. The van der Waals surface area contributed by atoms with Crippen LogP contribution in [0.5, 0.6) is 11.5 Å². The molecule has 1 aromatic carbocycles. The van der Waals surface area contributed by atoms with E-state index in [9.17, 15) is 22.9 Å². The minimum atomic E-state index is -4.95. The highest BCUT2D eigenvalue weighted by Gasteiger charge is 2.23. The number of phosphoric ester groups is 1. The van der Waals surface area contributed by atoms with Crippen LogP contribution in [0.4, 0.5) is 8.78 Å². The van der Waals surface area contributed by atoms with E-state index in [1.807, 2.05) is 0 Å². The van der Waals surface area contributed by atoms with Crippen molar-refractivity contribution in [3.63, 3.8) is 0 Å². The van der Waals surface area contributed by atoms with E-state index in [0.29, 0.717) is 4.68 Å². The number of rotatable bonds is 8. The van der Waals surface area contributed by atoms with Crippen molar-refractivity contribution in [1.82, 2.24) is 19.3 Å². The van der Waals surface area contributed by atoms with Crippen molar-refractivity contribution in [3.05, 3.63) is 78.3 Å². The van der Waals surface area contributed by atoms with Gasteiger partial charge in [0.05, 0.1) is 24.5 Å². The molecular formula is C18H12Cl2F2N5O7P. The largest absolute Gasteiger partial charge is 0.471 e. The highest BCUT2D eigenvalue weighted by atomic mass is 35.5. The van der Waals surface area contributed by atoms with E-state index in [-0.39, 0.29) is 27.1 Å². The average molecular weight is 550 g/mol. The maximum Gasteiger partial charge on any atom is 0.471 e. The fourth-order valence-electron chi connectivity index (χ4n) is 2.73. The van der Waals surface area contributed by atoms with Crippen LogP contribution < -0.4 is 15.9 Å². The summed E-state index contributed by atoms with van der Waals surface area (Å²) >= 11 is 11.7. The van der Waals surface area contributed by atoms with Gasteiger partial charge in [0.1, 0.15) is 10.9 Å². The Kier molecular flexibility index (Phi) is 8.01. The van der Waals surface area contributed by atoms with Crippen molar-refractivity contribution in [2.75, 3.05) is 0 Å². The van der Waals surface area contributed by atoms with Crippen LogP contribution in [-0.2, 0) is 22.4 Å². The highest BCUT2D eigenvalue weighted by molar-refractivity contribution is 7.46. The minimum absolute atomic E-state index is 0.0415. The summed E-state index contributed by atoms with van der Waals surface area (Å²) in [6.07, 6.45) is -2.46. The van der Waals surface area contributed by atoms with Crippen LogP contribution in [0.3, 0.4) is 0 Å². The van der Waals surface area contributed by atoms with E-state index in [1.165, 1.54) is 18.2 Å². The second-order valence-corrected chi connectivity index (χ2v) is 8.69. The van der Waals surface area contributed by atoms with Crippen molar-refractivity contribution >= 4 is 31.0 Å². The van der Waals surface area contributed by atoms with E-state index >= 15 is 0 Å². The van der Waals surface area contributed by atoms with Gasteiger partial charge in [0.2, 0.25) is 5.75 Å². The number of hydrogen-bond acceptors (Lipinski definition) is 8. The van der Waals surface area contributed by atoms with Crippen LogP contribution >= 0.6 is 31.0 Å². The Bertz CT molecular complexity index is 1490. The Morgan fingerprint density at radius 2 is 1.89 bits per heavy atom. The zero-order valence-electron chi connectivity index (χ0n) is 17.0. The minimum Gasteiger partial charge on any atom is -0.449 e. The molecule has 0 fully saturated rings. The van der Waals surface area contributed by atoms with E-state index in [4.69, 9.17) is 43.0 Å².